The van der Waals surface area contributed by atoms with Gasteiger partial charge in [-0.3, -0.25) is 41.8 Å². The van der Waals surface area contributed by atoms with Crippen molar-refractivity contribution >= 4 is 63.4 Å². The number of carbonyl (C=O) groups excluding carboxylic acids is 2. The molecule has 1 aromatic heterocycles. The number of aliphatic hydroxyl groups excluding tert-OH is 2. The molecule has 2 fully saturated rings. The Balaban J connectivity index is 0.000000662. The van der Waals surface area contributed by atoms with E-state index in [2.05, 4.69) is 20.6 Å². The van der Waals surface area contributed by atoms with Gasteiger partial charge in [0.15, 0.2) is 5.82 Å². The van der Waals surface area contributed by atoms with E-state index >= 15 is 0 Å². The van der Waals surface area contributed by atoms with Crippen LogP contribution in [-0.2, 0) is 60.0 Å². The van der Waals surface area contributed by atoms with Crippen LogP contribution in [0.4, 0.5) is 17.6 Å². The van der Waals surface area contributed by atoms with Gasteiger partial charge in [-0.05, 0) is 83.8 Å². The van der Waals surface area contributed by atoms with Gasteiger partial charge < -0.3 is 116 Å². The number of aliphatic carboxylic acids is 1. The van der Waals surface area contributed by atoms with Crippen LogP contribution in [0.5, 0.6) is 0 Å². The van der Waals surface area contributed by atoms with Crippen LogP contribution in [-0.4, -0.2) is 210 Å². The van der Waals surface area contributed by atoms with E-state index in [9.17, 15) is 79.8 Å². The molecule has 5 rings (SSSR count). The number of tetrazole rings is 1. The van der Waals surface area contributed by atoms with E-state index in [4.69, 9.17) is 86.1 Å². The number of halogens is 4. The number of nitrogens with two attached hydrogens (primary N) is 3. The number of aromatic nitrogens is 4. The molecule has 4 atom stereocenters. The number of nitrogens with zero attached hydrogens (tertiary/aromatic N) is 5. The summed E-state index contributed by atoms with van der Waals surface area (Å²) in [4.78, 5) is 142. The molecule has 580 valence electrons. The molecule has 0 spiro atoms. The lowest BCUT2D eigenvalue weighted by atomic mass is 10.0. The Bertz CT molecular complexity index is 3260. The Morgan fingerprint density at radius 1 is 0.515 bits per heavy atom. The van der Waals surface area contributed by atoms with Crippen LogP contribution in [0.1, 0.15) is 145 Å². The first-order valence-corrected chi connectivity index (χ1v) is 40.9. The van der Waals surface area contributed by atoms with Gasteiger partial charge in [0, 0.05) is 62.7 Å². The van der Waals surface area contributed by atoms with Crippen LogP contribution >= 0.6 is 45.6 Å². The first-order chi connectivity index (χ1) is 46.5. The molecule has 0 saturated carbocycles. The first-order valence-electron chi connectivity index (χ1n) is 31.2. The van der Waals surface area contributed by atoms with E-state index in [1.807, 2.05) is 0 Å². The van der Waals surface area contributed by atoms with Crippen molar-refractivity contribution in [2.45, 2.75) is 186 Å². The van der Waals surface area contributed by atoms with Crippen LogP contribution in [0.2, 0.25) is 0 Å². The van der Waals surface area contributed by atoms with Crippen LogP contribution in [0.15, 0.2) is 85.0 Å². The Morgan fingerprint density at radius 3 is 1.19 bits per heavy atom. The molecule has 2 saturated heterocycles. The second kappa shape index (κ2) is 42.7. The van der Waals surface area contributed by atoms with Crippen molar-refractivity contribution in [2.24, 2.45) is 17.2 Å². The number of aryl methyl sites for hydroxylation is 1. The SMILES string of the molecule is NCCC(O)(P(=O)(O)O)P(=O)(O)O.NCCCC(O)(P(=O)(O)O)P(=O)(O)O.NCCCCCC(O)(P(=O)(O)O)P(=O)(O)O.O=C(O)CCCCCCN1C(=O)CC[C@@H]1/C=C/[C@@H](O)C(F)(F)c1ccccc1.O=C1CC[C@H](/C=C/[C@@H](O)C(F)(F)c2ccccc2)N1CCCCCCc1nn[nH]n1. The van der Waals surface area contributed by atoms with Gasteiger partial charge in [-0.1, -0.05) is 122 Å². The number of aromatic amines is 1. The Kier molecular flexibility index (Phi) is 40.1. The molecule has 25 N–H and O–H groups in total. The van der Waals surface area contributed by atoms with Crippen molar-refractivity contribution in [1.82, 2.24) is 30.4 Å². The Labute approximate surface area is 578 Å². The molecule has 3 aromatic rings. The molecule has 0 bridgehead atoms. The fourth-order valence-corrected chi connectivity index (χ4v) is 16.3. The molecule has 0 aliphatic carbocycles. The highest BCUT2D eigenvalue weighted by Crippen LogP contribution is 2.71. The summed E-state index contributed by atoms with van der Waals surface area (Å²) in [5.41, 5.74) is 14.6. The number of aliphatic hydroxyl groups is 5. The number of H-pyrrole nitrogens is 1. The van der Waals surface area contributed by atoms with Gasteiger partial charge >= 0.3 is 63.4 Å². The van der Waals surface area contributed by atoms with E-state index in [1.165, 1.54) is 54.6 Å². The highest BCUT2D eigenvalue weighted by molar-refractivity contribution is 7.73. The summed E-state index contributed by atoms with van der Waals surface area (Å²) in [6, 6.07) is 13.9. The molecule has 0 radical (unpaired) electrons. The van der Waals surface area contributed by atoms with E-state index < -0.39 is 117 Å². The predicted molar refractivity (Wildman–Crippen MR) is 354 cm³/mol. The maximum absolute atomic E-state index is 14.4. The van der Waals surface area contributed by atoms with Gasteiger partial charge in [-0.2, -0.15) is 22.8 Å². The van der Waals surface area contributed by atoms with Gasteiger partial charge in [0.25, 0.3) is 15.2 Å². The number of carboxylic acids is 1. The van der Waals surface area contributed by atoms with Gasteiger partial charge in [0.2, 0.25) is 11.8 Å². The molecule has 2 aromatic carbocycles. The third kappa shape index (κ3) is 30.2. The van der Waals surface area contributed by atoms with E-state index in [1.54, 1.807) is 28.0 Å². The van der Waals surface area contributed by atoms with Crippen LogP contribution in [0, 0.1) is 0 Å². The van der Waals surface area contributed by atoms with E-state index in [-0.39, 0.29) is 60.8 Å². The first kappa shape index (κ1) is 94.7. The monoisotopic (exact) mass is 1580 g/mol. The molecule has 46 heteroatoms. The number of rotatable bonds is 38. The topological polar surface area (TPSA) is 657 Å². The third-order valence-corrected chi connectivity index (χ3v) is 27.2. The molecular weight excluding hydrogens is 1480 g/mol. The standard InChI is InChI=1S/C21H27F2N5O2.C21H27F2NO4.C6H17NO7P2.C4H13NO7P2.C3H11NO7P2/c22-21(23,16-8-4-3-5-9-16)18(29)13-11-17-12-14-20(30)28(17)15-7-2-1-6-10-19-24-26-27-25-19;22-21(23,16-8-4-3-5-9-16)18(25)13-11-17-12-14-19(26)24(17)15-7-2-1-6-10-20(27)28;7-5-3-1-2-4-6(8,15(9,10)11)16(12,13)14;5-3-1-2-4(6,13(7,8)9)14(10,11)12;4-2-1-3(5,12(6,7)8)13(9,10)11/h3-5,8-9,11,13,17-18,29H,1-2,6-7,10,12,14-15H2,(H,24,25,26,27);3-5,8-9,11,13,17-18,25H,1-2,6-7,10,12,14-15H2,(H,27,28);8H,1-5,7H2,(H2,9,10,11)(H2,12,13,14);6H,1-3,5H2,(H2,7,8,9)(H2,10,11,12);5H,1-2,4H2,(H2,6,7,8)(H2,9,10,11)/b2*13-11+;;;/t2*17-,18+;;;/m00.../s1. The lowest BCUT2D eigenvalue weighted by Gasteiger charge is -2.29. The number of amides is 2. The zero-order valence-electron chi connectivity index (χ0n) is 54.7. The third-order valence-electron chi connectivity index (χ3n) is 15.5. The number of carbonyl (C=O) groups is 3. The summed E-state index contributed by atoms with van der Waals surface area (Å²) in [6.07, 6.45) is 9.41. The number of unbranched alkanes of at least 4 members (excludes halogenated alkanes) is 8. The summed E-state index contributed by atoms with van der Waals surface area (Å²) in [5.74, 6) is -6.91. The summed E-state index contributed by atoms with van der Waals surface area (Å²) in [6.45, 7) is 0.965. The fourth-order valence-electron chi connectivity index (χ4n) is 9.58. The molecule has 0 unspecified atom stereocenters. The highest BCUT2D eigenvalue weighted by Gasteiger charge is 2.60. The largest absolute Gasteiger partial charge is 0.481 e. The predicted octanol–water partition coefficient (Wildman–Crippen LogP) is 3.29. The van der Waals surface area contributed by atoms with Gasteiger partial charge in [0.1, 0.15) is 12.2 Å². The number of hydrogen-bond donors (Lipinski definition) is 22. The normalized spacial score (nSPS) is 16.8. The molecule has 101 heavy (non-hydrogen) atoms. The maximum Gasteiger partial charge on any atom is 0.369 e. The number of hydrogen-bond acceptors (Lipinski definition) is 20. The average molecular weight is 1580 g/mol. The molecule has 2 amide bonds. The average Bonchev–Trinajstić information content (AvgIpc) is 1.62. The van der Waals surface area contributed by atoms with Crippen molar-refractivity contribution in [2.75, 3.05) is 32.7 Å². The summed E-state index contributed by atoms with van der Waals surface area (Å²) >= 11 is 0. The lowest BCUT2D eigenvalue weighted by Crippen LogP contribution is -2.34. The van der Waals surface area contributed by atoms with Crippen molar-refractivity contribution in [3.8, 4) is 0 Å². The summed E-state index contributed by atoms with van der Waals surface area (Å²) < 4.78 is 122. The molecule has 2 aliphatic rings. The Morgan fingerprint density at radius 2 is 0.861 bits per heavy atom. The maximum atomic E-state index is 14.4. The number of nitrogens with one attached hydrogen (secondary N) is 1. The van der Waals surface area contributed by atoms with Gasteiger partial charge in [-0.15, -0.1) is 10.2 Å². The molecule has 2 aliphatic heterocycles. The Hall–Kier alpha value is -4.30. The van der Waals surface area contributed by atoms with E-state index in [0.717, 1.165) is 63.5 Å². The van der Waals surface area contributed by atoms with Crippen LogP contribution in [0.3, 0.4) is 0 Å². The second-order valence-corrected chi connectivity index (χ2v) is 35.2. The second-order valence-electron chi connectivity index (χ2n) is 23.2. The number of carboxylic acid groups (broad SMARTS) is 1. The van der Waals surface area contributed by atoms with Crippen molar-refractivity contribution < 1.29 is 149 Å². The van der Waals surface area contributed by atoms with E-state index in [0.29, 0.717) is 70.4 Å². The minimum absolute atomic E-state index is 0.0236. The van der Waals surface area contributed by atoms with Crippen molar-refractivity contribution in [3.63, 3.8) is 0 Å². The summed E-state index contributed by atoms with van der Waals surface area (Å²) in [5, 5.41) is 60.1. The number of likely N-dealkylation sites (tertiary alicyclic amines) is 2. The molecule has 3 heterocycles. The zero-order chi connectivity index (χ0) is 77.5. The van der Waals surface area contributed by atoms with Crippen molar-refractivity contribution in [1.29, 1.82) is 0 Å². The van der Waals surface area contributed by atoms with Crippen LogP contribution < -0.4 is 17.2 Å². The van der Waals surface area contributed by atoms with Gasteiger partial charge in [0.05, 0.1) is 12.1 Å². The minimum Gasteiger partial charge on any atom is -0.481 e. The van der Waals surface area contributed by atoms with Crippen LogP contribution in [0.25, 0.3) is 0 Å². The minimum atomic E-state index is -5.31. The smallest absolute Gasteiger partial charge is 0.369 e. The lowest BCUT2D eigenvalue weighted by molar-refractivity contribution is -0.137. The number of benzene rings is 2. The molecular formula is C55H95F4N9O27P6. The molecule has 36 nitrogen and oxygen atoms in total. The van der Waals surface area contributed by atoms with Crippen molar-refractivity contribution in [3.05, 3.63) is 102 Å². The van der Waals surface area contributed by atoms with Gasteiger partial charge in [-0.25, -0.2) is 0 Å². The zero-order valence-corrected chi connectivity index (χ0v) is 60.0. The quantitative estimate of drug-likeness (QED) is 0.0169. The number of alkyl halides is 4. The summed E-state index contributed by atoms with van der Waals surface area (Å²) in [7, 11) is -31.8. The fraction of sp³-hybridized carbons (Fsp3) is 0.636. The highest BCUT2D eigenvalue weighted by atomic mass is 31.3.